The van der Waals surface area contributed by atoms with Crippen LogP contribution < -0.4 is 10.6 Å². The lowest BCUT2D eigenvalue weighted by molar-refractivity contribution is -0.117. The van der Waals surface area contributed by atoms with Crippen molar-refractivity contribution < 1.29 is 4.79 Å². The largest absolute Gasteiger partial charge is 0.349 e. The highest BCUT2D eigenvalue weighted by Gasteiger charge is 2.53. The molecule has 0 radical (unpaired) electrons. The number of carbonyl (C=O) groups is 1. The first kappa shape index (κ1) is 9.71. The van der Waals surface area contributed by atoms with Crippen LogP contribution in [0.4, 0.5) is 0 Å². The van der Waals surface area contributed by atoms with Gasteiger partial charge in [-0.2, -0.15) is 0 Å². The minimum absolute atomic E-state index is 0.115. The van der Waals surface area contributed by atoms with E-state index in [9.17, 15) is 4.79 Å². The van der Waals surface area contributed by atoms with Gasteiger partial charge in [0.15, 0.2) is 0 Å². The third kappa shape index (κ3) is 1.57. The number of amides is 1. The van der Waals surface area contributed by atoms with E-state index in [1.54, 1.807) is 0 Å². The molecule has 3 heteroatoms. The zero-order valence-corrected chi connectivity index (χ0v) is 9.05. The summed E-state index contributed by atoms with van der Waals surface area (Å²) in [6, 6.07) is 0.443. The van der Waals surface area contributed by atoms with Crippen molar-refractivity contribution in [3.8, 4) is 0 Å². The molecular formula is C11H18N2O. The van der Waals surface area contributed by atoms with Crippen molar-refractivity contribution in [2.75, 3.05) is 13.1 Å². The van der Waals surface area contributed by atoms with E-state index in [1.807, 2.05) is 20.8 Å². The first-order valence-electron chi connectivity index (χ1n) is 5.27. The van der Waals surface area contributed by atoms with Crippen LogP contribution in [0, 0.1) is 11.8 Å². The van der Waals surface area contributed by atoms with E-state index >= 15 is 0 Å². The molecule has 1 heterocycles. The second kappa shape index (κ2) is 3.39. The van der Waals surface area contributed by atoms with Crippen molar-refractivity contribution in [3.63, 3.8) is 0 Å². The molecule has 2 unspecified atom stereocenters. The van der Waals surface area contributed by atoms with Gasteiger partial charge in [0.1, 0.15) is 0 Å². The van der Waals surface area contributed by atoms with Crippen molar-refractivity contribution in [3.05, 3.63) is 11.1 Å². The van der Waals surface area contributed by atoms with Crippen LogP contribution in [-0.4, -0.2) is 25.0 Å². The first-order valence-corrected chi connectivity index (χ1v) is 5.27. The second-order valence-electron chi connectivity index (χ2n) is 4.61. The molecule has 1 saturated heterocycles. The minimum Gasteiger partial charge on any atom is -0.349 e. The van der Waals surface area contributed by atoms with Gasteiger partial charge in [0.25, 0.3) is 0 Å². The fraction of sp³-hybridized carbons (Fsp3) is 0.727. The van der Waals surface area contributed by atoms with Gasteiger partial charge in [0.05, 0.1) is 0 Å². The van der Waals surface area contributed by atoms with E-state index in [0.717, 1.165) is 24.2 Å². The zero-order chi connectivity index (χ0) is 10.3. The molecular weight excluding hydrogens is 176 g/mol. The number of hydrogen-bond acceptors (Lipinski definition) is 2. The molecule has 1 aliphatic carbocycles. The Hall–Kier alpha value is -0.830. The smallest absolute Gasteiger partial charge is 0.247 e. The van der Waals surface area contributed by atoms with Crippen LogP contribution in [0.2, 0.25) is 0 Å². The number of allylic oxidation sites excluding steroid dienone is 1. The molecule has 2 fully saturated rings. The summed E-state index contributed by atoms with van der Waals surface area (Å²) in [5.41, 5.74) is 1.97. The molecule has 3 nitrogen and oxygen atoms in total. The van der Waals surface area contributed by atoms with Crippen LogP contribution >= 0.6 is 0 Å². The monoisotopic (exact) mass is 194 g/mol. The summed E-state index contributed by atoms with van der Waals surface area (Å²) in [6.07, 6.45) is 0. The molecule has 2 rings (SSSR count). The van der Waals surface area contributed by atoms with E-state index in [2.05, 4.69) is 10.6 Å². The lowest BCUT2D eigenvalue weighted by atomic mass is 10.1. The van der Waals surface area contributed by atoms with Crippen molar-refractivity contribution in [1.82, 2.24) is 10.6 Å². The molecule has 0 bridgehead atoms. The van der Waals surface area contributed by atoms with Gasteiger partial charge in [0, 0.05) is 24.7 Å². The van der Waals surface area contributed by atoms with Crippen molar-refractivity contribution in [1.29, 1.82) is 0 Å². The van der Waals surface area contributed by atoms with Crippen molar-refractivity contribution >= 4 is 5.91 Å². The van der Waals surface area contributed by atoms with Gasteiger partial charge in [-0.3, -0.25) is 4.79 Å². The lowest BCUT2D eigenvalue weighted by Crippen LogP contribution is -2.33. The average Bonchev–Trinajstić information content (AvgIpc) is 2.63. The molecule has 0 aromatic heterocycles. The van der Waals surface area contributed by atoms with Crippen molar-refractivity contribution in [2.45, 2.75) is 26.8 Å². The quantitative estimate of drug-likeness (QED) is 0.635. The third-order valence-corrected chi connectivity index (χ3v) is 3.48. The summed E-state index contributed by atoms with van der Waals surface area (Å²) < 4.78 is 0. The molecule has 2 N–H and O–H groups in total. The molecule has 2 atom stereocenters. The van der Waals surface area contributed by atoms with E-state index in [-0.39, 0.29) is 5.91 Å². The summed E-state index contributed by atoms with van der Waals surface area (Å²) in [6.45, 7) is 7.99. The topological polar surface area (TPSA) is 41.1 Å². The summed E-state index contributed by atoms with van der Waals surface area (Å²) in [5.74, 6) is 1.51. The molecule has 0 spiro atoms. The first-order chi connectivity index (χ1) is 6.61. The van der Waals surface area contributed by atoms with Gasteiger partial charge in [-0.1, -0.05) is 5.57 Å². The highest BCUT2D eigenvalue weighted by atomic mass is 16.1. The Morgan fingerprint density at radius 3 is 2.29 bits per heavy atom. The second-order valence-corrected chi connectivity index (χ2v) is 4.61. The Labute approximate surface area is 84.9 Å². The van der Waals surface area contributed by atoms with Gasteiger partial charge >= 0.3 is 0 Å². The molecule has 1 aliphatic heterocycles. The van der Waals surface area contributed by atoms with Crippen LogP contribution in [0.1, 0.15) is 20.8 Å². The van der Waals surface area contributed by atoms with Crippen LogP contribution in [0.3, 0.4) is 0 Å². The van der Waals surface area contributed by atoms with Crippen LogP contribution in [0.15, 0.2) is 11.1 Å². The Balaban J connectivity index is 1.88. The third-order valence-electron chi connectivity index (χ3n) is 3.48. The maximum atomic E-state index is 11.7. The highest BCUT2D eigenvalue weighted by Crippen LogP contribution is 2.41. The van der Waals surface area contributed by atoms with Gasteiger partial charge in [-0.25, -0.2) is 0 Å². The fourth-order valence-corrected chi connectivity index (χ4v) is 2.12. The summed E-state index contributed by atoms with van der Waals surface area (Å²) in [5, 5.41) is 6.41. The van der Waals surface area contributed by atoms with E-state index in [4.69, 9.17) is 0 Å². The lowest BCUT2D eigenvalue weighted by Gasteiger charge is -2.08. The van der Waals surface area contributed by atoms with E-state index in [0.29, 0.717) is 17.9 Å². The Kier molecular flexibility index (Phi) is 2.35. The Bertz CT molecular complexity index is 282. The maximum Gasteiger partial charge on any atom is 0.247 e. The molecule has 2 aliphatic rings. The molecule has 1 amide bonds. The Morgan fingerprint density at radius 1 is 1.21 bits per heavy atom. The fourth-order valence-electron chi connectivity index (χ4n) is 2.12. The highest BCUT2D eigenvalue weighted by molar-refractivity contribution is 5.93. The van der Waals surface area contributed by atoms with Gasteiger partial charge in [-0.15, -0.1) is 0 Å². The van der Waals surface area contributed by atoms with E-state index in [1.165, 1.54) is 0 Å². The van der Waals surface area contributed by atoms with Crippen LogP contribution in [0.5, 0.6) is 0 Å². The average molecular weight is 194 g/mol. The number of piperidine rings is 1. The number of nitrogens with one attached hydrogen (secondary N) is 2. The molecule has 14 heavy (non-hydrogen) atoms. The van der Waals surface area contributed by atoms with Gasteiger partial charge in [-0.05, 0) is 32.6 Å². The molecule has 0 aromatic carbocycles. The number of rotatable bonds is 2. The number of fused-ring (bicyclic) bond motifs is 1. The molecule has 1 saturated carbocycles. The van der Waals surface area contributed by atoms with Crippen molar-refractivity contribution in [2.24, 2.45) is 11.8 Å². The summed E-state index contributed by atoms with van der Waals surface area (Å²) in [4.78, 5) is 11.7. The predicted octanol–water partition coefficient (Wildman–Crippen LogP) is 0.677. The summed E-state index contributed by atoms with van der Waals surface area (Å²) in [7, 11) is 0. The zero-order valence-electron chi connectivity index (χ0n) is 9.05. The van der Waals surface area contributed by atoms with Crippen LogP contribution in [0.25, 0.3) is 0 Å². The maximum absolute atomic E-state index is 11.7. The minimum atomic E-state index is 0.115. The van der Waals surface area contributed by atoms with Gasteiger partial charge in [0.2, 0.25) is 5.91 Å². The molecule has 78 valence electrons. The predicted molar refractivity (Wildman–Crippen MR) is 55.8 cm³/mol. The Morgan fingerprint density at radius 2 is 1.79 bits per heavy atom. The standard InChI is InChI=1S/C11H18N2O/c1-6(2)7(3)11(14)13-10-8-4-12-5-9(8)10/h8-10,12H,4-5H2,1-3H3,(H,13,14). The number of carbonyl (C=O) groups excluding carboxylic acids is 1. The summed E-state index contributed by atoms with van der Waals surface area (Å²) >= 11 is 0. The van der Waals surface area contributed by atoms with E-state index < -0.39 is 0 Å². The van der Waals surface area contributed by atoms with Crippen LogP contribution in [-0.2, 0) is 4.79 Å². The van der Waals surface area contributed by atoms with Gasteiger partial charge < -0.3 is 10.6 Å². The molecule has 0 aromatic rings. The number of hydrogen-bond donors (Lipinski definition) is 2. The SMILES string of the molecule is CC(C)=C(C)C(=O)NC1C2CNCC21. The normalized spacial score (nSPS) is 33.5.